The van der Waals surface area contributed by atoms with Crippen molar-refractivity contribution in [3.63, 3.8) is 0 Å². The molecule has 4 rings (SSSR count). The largest absolute Gasteiger partial charge is 0.507 e. The molecule has 1 saturated heterocycles. The topological polar surface area (TPSA) is 57.6 Å². The molecule has 4 heteroatoms. The number of Topliss-reactive ketones (excluding diaryl/α,β-unsaturated/α-hetero) is 1. The van der Waals surface area contributed by atoms with Crippen LogP contribution < -0.4 is 4.90 Å². The van der Waals surface area contributed by atoms with Crippen molar-refractivity contribution < 1.29 is 14.7 Å². The Labute approximate surface area is 182 Å². The van der Waals surface area contributed by atoms with Crippen LogP contribution in [-0.4, -0.2) is 16.8 Å². The molecule has 0 radical (unpaired) electrons. The van der Waals surface area contributed by atoms with Gasteiger partial charge in [0.25, 0.3) is 11.7 Å². The SMILES string of the molecule is CCc1ccc(/C(O)=C2\C(=O)C(=O)N(c3cccc(C)c3)C2c2ccccc2C)cc1. The molecule has 1 aliphatic rings. The smallest absolute Gasteiger partial charge is 0.300 e. The second kappa shape index (κ2) is 8.23. The van der Waals surface area contributed by atoms with Gasteiger partial charge >= 0.3 is 0 Å². The minimum absolute atomic E-state index is 0.116. The third-order valence-corrected chi connectivity index (χ3v) is 5.84. The Balaban J connectivity index is 1.95. The predicted molar refractivity (Wildman–Crippen MR) is 123 cm³/mol. The Morgan fingerprint density at radius 2 is 1.65 bits per heavy atom. The van der Waals surface area contributed by atoms with E-state index in [1.165, 1.54) is 4.90 Å². The fraction of sp³-hybridized carbons (Fsp3) is 0.185. The van der Waals surface area contributed by atoms with Gasteiger partial charge < -0.3 is 5.11 Å². The number of aliphatic hydroxyl groups is 1. The molecule has 1 unspecified atom stereocenters. The van der Waals surface area contributed by atoms with Crippen LogP contribution in [0.3, 0.4) is 0 Å². The van der Waals surface area contributed by atoms with Crippen LogP contribution in [0.15, 0.2) is 78.4 Å². The number of carbonyl (C=O) groups is 2. The molecule has 0 bridgehead atoms. The first-order valence-electron chi connectivity index (χ1n) is 10.4. The Hall–Kier alpha value is -3.66. The van der Waals surface area contributed by atoms with Crippen LogP contribution in [0.1, 0.15) is 40.8 Å². The van der Waals surface area contributed by atoms with E-state index in [2.05, 4.69) is 6.92 Å². The Kier molecular flexibility index (Phi) is 5.47. The molecule has 31 heavy (non-hydrogen) atoms. The maximum Gasteiger partial charge on any atom is 0.300 e. The summed E-state index contributed by atoms with van der Waals surface area (Å²) in [5, 5.41) is 11.2. The first-order chi connectivity index (χ1) is 14.9. The lowest BCUT2D eigenvalue weighted by molar-refractivity contribution is -0.132. The summed E-state index contributed by atoms with van der Waals surface area (Å²) < 4.78 is 0. The summed E-state index contributed by atoms with van der Waals surface area (Å²) in [6, 6.07) is 21.9. The van der Waals surface area contributed by atoms with E-state index >= 15 is 0 Å². The molecule has 0 spiro atoms. The lowest BCUT2D eigenvalue weighted by Gasteiger charge is -2.27. The molecule has 0 aromatic heterocycles. The van der Waals surface area contributed by atoms with Crippen LogP contribution in [0.5, 0.6) is 0 Å². The van der Waals surface area contributed by atoms with Crippen LogP contribution in [0.25, 0.3) is 5.76 Å². The van der Waals surface area contributed by atoms with Gasteiger partial charge in [-0.2, -0.15) is 0 Å². The minimum Gasteiger partial charge on any atom is -0.507 e. The van der Waals surface area contributed by atoms with Crippen molar-refractivity contribution in [2.75, 3.05) is 4.90 Å². The zero-order valence-electron chi connectivity index (χ0n) is 17.9. The summed E-state index contributed by atoms with van der Waals surface area (Å²) in [6.07, 6.45) is 0.877. The zero-order valence-corrected chi connectivity index (χ0v) is 17.9. The number of rotatable bonds is 4. The van der Waals surface area contributed by atoms with Gasteiger partial charge in [0.05, 0.1) is 11.6 Å². The molecular weight excluding hydrogens is 386 g/mol. The van der Waals surface area contributed by atoms with Gasteiger partial charge in [-0.3, -0.25) is 14.5 Å². The molecular formula is C27H25NO3. The molecule has 0 aliphatic carbocycles. The van der Waals surface area contributed by atoms with Crippen LogP contribution in [0, 0.1) is 13.8 Å². The Bertz CT molecular complexity index is 1190. The Morgan fingerprint density at radius 1 is 0.935 bits per heavy atom. The number of aliphatic hydroxyl groups excluding tert-OH is 1. The number of aryl methyl sites for hydroxylation is 3. The van der Waals surface area contributed by atoms with Crippen LogP contribution in [-0.2, 0) is 16.0 Å². The number of hydrogen-bond donors (Lipinski definition) is 1. The van der Waals surface area contributed by atoms with Crippen molar-refractivity contribution in [3.05, 3.63) is 106 Å². The van der Waals surface area contributed by atoms with Crippen LogP contribution in [0.4, 0.5) is 5.69 Å². The van der Waals surface area contributed by atoms with Gasteiger partial charge in [0.1, 0.15) is 5.76 Å². The van der Waals surface area contributed by atoms with Crippen molar-refractivity contribution in [1.82, 2.24) is 0 Å². The first-order valence-corrected chi connectivity index (χ1v) is 10.4. The molecule has 3 aromatic carbocycles. The van der Waals surface area contributed by atoms with E-state index in [0.29, 0.717) is 11.3 Å². The van der Waals surface area contributed by atoms with E-state index in [4.69, 9.17) is 0 Å². The number of carbonyl (C=O) groups excluding carboxylic acids is 2. The lowest BCUT2D eigenvalue weighted by atomic mass is 9.92. The molecule has 1 aliphatic heterocycles. The van der Waals surface area contributed by atoms with E-state index in [1.807, 2.05) is 74.5 Å². The summed E-state index contributed by atoms with van der Waals surface area (Å²) in [5.41, 5.74) is 5.15. The third kappa shape index (κ3) is 3.66. The normalized spacial score (nSPS) is 17.9. The van der Waals surface area contributed by atoms with E-state index < -0.39 is 17.7 Å². The number of benzene rings is 3. The van der Waals surface area contributed by atoms with Crippen LogP contribution in [0.2, 0.25) is 0 Å². The van der Waals surface area contributed by atoms with Crippen molar-refractivity contribution in [3.8, 4) is 0 Å². The monoisotopic (exact) mass is 411 g/mol. The number of anilines is 1. The van der Waals surface area contributed by atoms with Crippen molar-refractivity contribution in [2.45, 2.75) is 33.2 Å². The second-order valence-electron chi connectivity index (χ2n) is 7.92. The number of hydrogen-bond acceptors (Lipinski definition) is 3. The van der Waals surface area contributed by atoms with Gasteiger partial charge in [-0.05, 0) is 54.7 Å². The molecule has 4 nitrogen and oxygen atoms in total. The molecule has 1 fully saturated rings. The quantitative estimate of drug-likeness (QED) is 0.351. The average Bonchev–Trinajstić information content (AvgIpc) is 3.04. The summed E-state index contributed by atoms with van der Waals surface area (Å²) in [4.78, 5) is 27.9. The molecule has 156 valence electrons. The van der Waals surface area contributed by atoms with Gasteiger partial charge in [-0.25, -0.2) is 0 Å². The molecule has 1 atom stereocenters. The minimum atomic E-state index is -0.700. The van der Waals surface area contributed by atoms with Crippen molar-refractivity contribution in [1.29, 1.82) is 0 Å². The molecule has 1 heterocycles. The highest BCUT2D eigenvalue weighted by Gasteiger charge is 2.47. The zero-order chi connectivity index (χ0) is 22.1. The number of nitrogens with zero attached hydrogens (tertiary/aromatic N) is 1. The number of amides is 1. The summed E-state index contributed by atoms with van der Waals surface area (Å²) >= 11 is 0. The van der Waals surface area contributed by atoms with Gasteiger partial charge in [-0.15, -0.1) is 0 Å². The maximum atomic E-state index is 13.2. The molecule has 0 saturated carbocycles. The number of ketones is 1. The van der Waals surface area contributed by atoms with E-state index in [1.54, 1.807) is 12.1 Å². The highest BCUT2D eigenvalue weighted by Crippen LogP contribution is 2.43. The van der Waals surface area contributed by atoms with Gasteiger partial charge in [0.15, 0.2) is 0 Å². The molecule has 1 N–H and O–H groups in total. The van der Waals surface area contributed by atoms with E-state index in [0.717, 1.165) is 28.7 Å². The third-order valence-electron chi connectivity index (χ3n) is 5.84. The molecule has 3 aromatic rings. The second-order valence-corrected chi connectivity index (χ2v) is 7.92. The fourth-order valence-electron chi connectivity index (χ4n) is 4.12. The van der Waals surface area contributed by atoms with E-state index in [9.17, 15) is 14.7 Å². The Morgan fingerprint density at radius 3 is 2.29 bits per heavy atom. The lowest BCUT2D eigenvalue weighted by Crippen LogP contribution is -2.29. The molecule has 1 amide bonds. The maximum absolute atomic E-state index is 13.2. The van der Waals surface area contributed by atoms with Crippen molar-refractivity contribution >= 4 is 23.1 Å². The highest BCUT2D eigenvalue weighted by molar-refractivity contribution is 6.51. The van der Waals surface area contributed by atoms with Crippen molar-refractivity contribution in [2.24, 2.45) is 0 Å². The first kappa shape index (κ1) is 20.6. The standard InChI is InChI=1S/C27H25NO3/c1-4-19-12-14-20(15-13-19)25(29)23-24(22-11-6-5-9-18(22)3)28(27(31)26(23)30)21-10-7-8-17(2)16-21/h5-16,24,29H,4H2,1-3H3/b25-23+. The fourth-order valence-corrected chi connectivity index (χ4v) is 4.12. The average molecular weight is 412 g/mol. The summed E-state index contributed by atoms with van der Waals surface area (Å²) in [5.74, 6) is -1.46. The summed E-state index contributed by atoms with van der Waals surface area (Å²) in [7, 11) is 0. The van der Waals surface area contributed by atoms with Gasteiger partial charge in [0.2, 0.25) is 0 Å². The highest BCUT2D eigenvalue weighted by atomic mass is 16.3. The van der Waals surface area contributed by atoms with Gasteiger partial charge in [0, 0.05) is 11.3 Å². The van der Waals surface area contributed by atoms with Crippen LogP contribution >= 0.6 is 0 Å². The summed E-state index contributed by atoms with van der Waals surface area (Å²) in [6.45, 7) is 5.94. The van der Waals surface area contributed by atoms with Gasteiger partial charge in [-0.1, -0.05) is 67.6 Å². The predicted octanol–water partition coefficient (Wildman–Crippen LogP) is 5.49. The van der Waals surface area contributed by atoms with E-state index in [-0.39, 0.29) is 11.3 Å².